The molecule has 2 rings (SSSR count). The van der Waals surface area contributed by atoms with Crippen molar-refractivity contribution in [3.05, 3.63) is 85.0 Å². The average Bonchev–Trinajstić information content (AvgIpc) is 2.92. The molecule has 3 N–H and O–H groups in total. The second-order valence-electron chi connectivity index (χ2n) is 7.98. The average molecular weight is 483 g/mol. The summed E-state index contributed by atoms with van der Waals surface area (Å²) >= 11 is 0. The maximum Gasteiger partial charge on any atom is 0.150 e. The van der Waals surface area contributed by atoms with Crippen LogP contribution in [0.1, 0.15) is 67.3 Å². The first-order valence-corrected chi connectivity index (χ1v) is 12.5. The van der Waals surface area contributed by atoms with Crippen molar-refractivity contribution in [1.29, 1.82) is 0 Å². The van der Waals surface area contributed by atoms with Crippen molar-refractivity contribution in [2.24, 2.45) is 5.73 Å². The molecular weight excluding hydrogens is 436 g/mol. The highest BCUT2D eigenvalue weighted by Crippen LogP contribution is 2.11. The summed E-state index contributed by atoms with van der Waals surface area (Å²) in [7, 11) is 3.28. The molecule has 0 aliphatic rings. The summed E-state index contributed by atoms with van der Waals surface area (Å²) in [4.78, 5) is 10.2. The van der Waals surface area contributed by atoms with E-state index in [1.54, 1.807) is 38.5 Å². The predicted molar refractivity (Wildman–Crippen MR) is 149 cm³/mol. The van der Waals surface area contributed by atoms with Gasteiger partial charge in [-0.25, -0.2) is 0 Å². The fraction of sp³-hybridized carbons (Fsp3) is 0.433. The molecule has 5 heteroatoms. The molecule has 2 aromatic carbocycles. The molecule has 35 heavy (non-hydrogen) atoms. The normalized spacial score (nSPS) is 9.57. The molecule has 0 spiro atoms. The number of unbranched alkanes of at least 4 members (excludes halogenated alkanes) is 6. The lowest BCUT2D eigenvalue weighted by molar-refractivity contribution is 0.112. The van der Waals surface area contributed by atoms with E-state index in [-0.39, 0.29) is 0 Å². The van der Waals surface area contributed by atoms with Gasteiger partial charge in [0.25, 0.3) is 0 Å². The Bertz CT molecular complexity index is 758. The van der Waals surface area contributed by atoms with Crippen molar-refractivity contribution in [1.82, 2.24) is 5.32 Å². The van der Waals surface area contributed by atoms with Gasteiger partial charge in [0.05, 0.1) is 14.2 Å². The molecule has 0 saturated heterocycles. The summed E-state index contributed by atoms with van der Waals surface area (Å²) in [6.07, 6.45) is 14.5. The number of carbonyl (C=O) groups is 1. The monoisotopic (exact) mass is 482 g/mol. The van der Waals surface area contributed by atoms with Crippen LogP contribution >= 0.6 is 0 Å². The van der Waals surface area contributed by atoms with Crippen LogP contribution in [0.25, 0.3) is 0 Å². The highest BCUT2D eigenvalue weighted by atomic mass is 16.5. The van der Waals surface area contributed by atoms with Crippen molar-refractivity contribution in [3.63, 3.8) is 0 Å². The zero-order valence-corrected chi connectivity index (χ0v) is 21.8. The second kappa shape index (κ2) is 24.2. The van der Waals surface area contributed by atoms with Gasteiger partial charge in [-0.1, -0.05) is 37.1 Å². The van der Waals surface area contributed by atoms with Crippen LogP contribution in [0.3, 0.4) is 0 Å². The highest BCUT2D eigenvalue weighted by molar-refractivity contribution is 5.74. The van der Waals surface area contributed by atoms with Gasteiger partial charge in [-0.05, 0) is 93.6 Å². The Hall–Kier alpha value is -2.89. The number of nitrogens with one attached hydrogen (secondary N) is 1. The first kappa shape index (κ1) is 32.1. The number of carbonyl (C=O) groups excluding carboxylic acids is 1. The quantitative estimate of drug-likeness (QED) is 0.158. The summed E-state index contributed by atoms with van der Waals surface area (Å²) in [5.41, 5.74) is 7.25. The molecule has 2 aromatic rings. The maximum absolute atomic E-state index is 10.2. The number of methoxy groups -OCH3 is 2. The third-order valence-corrected chi connectivity index (χ3v) is 5.11. The number of rotatable bonds is 16. The molecule has 0 amide bonds. The van der Waals surface area contributed by atoms with E-state index in [9.17, 15) is 4.79 Å². The van der Waals surface area contributed by atoms with Gasteiger partial charge in [-0.2, -0.15) is 0 Å². The highest BCUT2D eigenvalue weighted by Gasteiger charge is 1.94. The van der Waals surface area contributed by atoms with E-state index >= 15 is 0 Å². The third kappa shape index (κ3) is 19.1. The zero-order valence-electron chi connectivity index (χ0n) is 21.8. The van der Waals surface area contributed by atoms with E-state index < -0.39 is 0 Å². The van der Waals surface area contributed by atoms with Gasteiger partial charge < -0.3 is 20.5 Å². The van der Waals surface area contributed by atoms with E-state index in [1.807, 2.05) is 24.3 Å². The van der Waals surface area contributed by atoms with Crippen LogP contribution in [-0.4, -0.2) is 33.6 Å². The molecule has 5 nitrogen and oxygen atoms in total. The summed E-state index contributed by atoms with van der Waals surface area (Å²) in [5.74, 6) is 1.68. The standard InChI is InChI=1S/C15H23NO.C8H8O2.C7H15N/c1-3-4-5-6-7-12-16-13-14-8-10-15(17-2)11-9-14;1-10-8-4-2-7(6-9)3-5-8;1-2-3-4-5-6-7-8/h3,8-11,16H,1,4-7,12-13H2,2H3;2-6H,1H3;2H,1,3-8H2. The van der Waals surface area contributed by atoms with Gasteiger partial charge in [0.1, 0.15) is 17.8 Å². The van der Waals surface area contributed by atoms with Crippen LogP contribution in [0.2, 0.25) is 0 Å². The van der Waals surface area contributed by atoms with Crippen molar-refractivity contribution in [2.75, 3.05) is 27.3 Å². The van der Waals surface area contributed by atoms with Gasteiger partial charge >= 0.3 is 0 Å². The van der Waals surface area contributed by atoms with Crippen LogP contribution in [0, 0.1) is 0 Å². The molecule has 0 bridgehead atoms. The smallest absolute Gasteiger partial charge is 0.150 e. The van der Waals surface area contributed by atoms with Crippen LogP contribution < -0.4 is 20.5 Å². The minimum Gasteiger partial charge on any atom is -0.497 e. The Morgan fingerprint density at radius 2 is 1.29 bits per heavy atom. The molecule has 0 unspecified atom stereocenters. The van der Waals surface area contributed by atoms with Crippen molar-refractivity contribution in [2.45, 2.75) is 57.9 Å². The maximum atomic E-state index is 10.2. The van der Waals surface area contributed by atoms with E-state index in [1.165, 1.54) is 37.7 Å². The van der Waals surface area contributed by atoms with Gasteiger partial charge in [0.2, 0.25) is 0 Å². The minimum atomic E-state index is 0.667. The number of ether oxygens (including phenoxy) is 2. The molecule has 0 aliphatic carbocycles. The number of benzene rings is 2. The lowest BCUT2D eigenvalue weighted by atomic mass is 10.2. The molecule has 194 valence electrons. The lowest BCUT2D eigenvalue weighted by Gasteiger charge is -2.05. The van der Waals surface area contributed by atoms with Crippen LogP contribution in [-0.2, 0) is 6.54 Å². The van der Waals surface area contributed by atoms with E-state index in [4.69, 9.17) is 15.2 Å². The van der Waals surface area contributed by atoms with Gasteiger partial charge in [0, 0.05) is 12.1 Å². The Morgan fingerprint density at radius 3 is 1.74 bits per heavy atom. The van der Waals surface area contributed by atoms with Crippen LogP contribution in [0.4, 0.5) is 0 Å². The summed E-state index contributed by atoms with van der Waals surface area (Å²) < 4.78 is 10.0. The first-order chi connectivity index (χ1) is 17.1. The Morgan fingerprint density at radius 1 is 0.771 bits per heavy atom. The first-order valence-electron chi connectivity index (χ1n) is 12.5. The summed E-state index contributed by atoms with van der Waals surface area (Å²) in [6, 6.07) is 15.1. The number of aldehydes is 1. The number of nitrogens with two attached hydrogens (primary N) is 1. The number of hydrogen-bond donors (Lipinski definition) is 2. The van der Waals surface area contributed by atoms with E-state index in [0.717, 1.165) is 56.7 Å². The molecule has 0 heterocycles. The minimum absolute atomic E-state index is 0.667. The van der Waals surface area contributed by atoms with Gasteiger partial charge in [-0.3, -0.25) is 4.79 Å². The fourth-order valence-corrected chi connectivity index (χ4v) is 2.98. The largest absolute Gasteiger partial charge is 0.497 e. The Kier molecular flexibility index (Phi) is 22.2. The molecular formula is C30H46N2O3. The molecule has 0 radical (unpaired) electrons. The Balaban J connectivity index is 0.000000545. The van der Waals surface area contributed by atoms with E-state index in [0.29, 0.717) is 5.56 Å². The van der Waals surface area contributed by atoms with Crippen LogP contribution in [0.15, 0.2) is 73.8 Å². The van der Waals surface area contributed by atoms with E-state index in [2.05, 4.69) is 30.6 Å². The lowest BCUT2D eigenvalue weighted by Crippen LogP contribution is -2.14. The number of allylic oxidation sites excluding steroid dienone is 2. The van der Waals surface area contributed by atoms with Gasteiger partial charge in [-0.15, -0.1) is 13.2 Å². The predicted octanol–water partition coefficient (Wildman–Crippen LogP) is 6.73. The van der Waals surface area contributed by atoms with Crippen molar-refractivity contribution < 1.29 is 14.3 Å². The van der Waals surface area contributed by atoms with Crippen molar-refractivity contribution >= 4 is 6.29 Å². The molecule has 0 fully saturated rings. The molecule has 0 atom stereocenters. The molecule has 0 saturated carbocycles. The van der Waals surface area contributed by atoms with Crippen molar-refractivity contribution in [3.8, 4) is 11.5 Å². The van der Waals surface area contributed by atoms with Gasteiger partial charge in [0.15, 0.2) is 0 Å². The third-order valence-electron chi connectivity index (χ3n) is 5.11. The molecule has 0 aliphatic heterocycles. The zero-order chi connectivity index (χ0) is 26.0. The Labute approximate surface area is 213 Å². The second-order valence-corrected chi connectivity index (χ2v) is 7.98. The fourth-order valence-electron chi connectivity index (χ4n) is 2.98. The topological polar surface area (TPSA) is 73.6 Å². The summed E-state index contributed by atoms with van der Waals surface area (Å²) in [6.45, 7) is 10.2. The number of hydrogen-bond acceptors (Lipinski definition) is 5. The summed E-state index contributed by atoms with van der Waals surface area (Å²) in [5, 5.41) is 3.45. The molecule has 0 aromatic heterocycles. The van der Waals surface area contributed by atoms with Crippen LogP contribution in [0.5, 0.6) is 11.5 Å². The SMILES string of the molecule is C=CCCCCCN.C=CCCCCCNCc1ccc(OC)cc1.COc1ccc(C=O)cc1.